The Balaban J connectivity index is 1.83. The van der Waals surface area contributed by atoms with E-state index < -0.39 is 23.0 Å². The van der Waals surface area contributed by atoms with E-state index in [0.29, 0.717) is 31.8 Å². The zero-order valence-corrected chi connectivity index (χ0v) is 15.6. The van der Waals surface area contributed by atoms with Crippen molar-refractivity contribution in [2.45, 2.75) is 13.1 Å². The topological polar surface area (TPSA) is 75.5 Å². The third-order valence-corrected chi connectivity index (χ3v) is 5.31. The largest absolute Gasteiger partial charge is 0.433 e. The first-order valence-corrected chi connectivity index (χ1v) is 9.32. The highest BCUT2D eigenvalue weighted by molar-refractivity contribution is 7.20. The summed E-state index contributed by atoms with van der Waals surface area (Å²) in [6.45, 7) is 3.18. The number of hydrogen-bond donors (Lipinski definition) is 1. The Morgan fingerprint density at radius 3 is 2.68 bits per heavy atom. The molecule has 1 aromatic carbocycles. The zero-order valence-electron chi connectivity index (χ0n) is 14.8. The van der Waals surface area contributed by atoms with Crippen LogP contribution in [0.2, 0.25) is 0 Å². The van der Waals surface area contributed by atoms with Gasteiger partial charge in [0.2, 0.25) is 5.13 Å². The van der Waals surface area contributed by atoms with E-state index in [1.807, 2.05) is 0 Å². The average Bonchev–Trinajstić information content (AvgIpc) is 3.23. The molecule has 3 aromatic rings. The van der Waals surface area contributed by atoms with Crippen molar-refractivity contribution in [3.8, 4) is 5.13 Å². The van der Waals surface area contributed by atoms with Gasteiger partial charge < -0.3 is 4.74 Å². The Hall–Kier alpha value is -2.66. The quantitative estimate of drug-likeness (QED) is 0.673. The van der Waals surface area contributed by atoms with Crippen LogP contribution in [0.1, 0.15) is 18.2 Å². The number of H-pyrrole nitrogens is 1. The molecular weight excluding hydrogens is 395 g/mol. The van der Waals surface area contributed by atoms with Crippen molar-refractivity contribution < 1.29 is 17.9 Å². The first-order valence-electron chi connectivity index (χ1n) is 8.51. The molecule has 0 saturated carbocycles. The maximum absolute atomic E-state index is 13.6. The number of hydrogen-bond acceptors (Lipinski definition) is 6. The minimum atomic E-state index is -4.74. The lowest BCUT2D eigenvalue weighted by Gasteiger charge is -2.24. The predicted octanol–water partition coefficient (Wildman–Crippen LogP) is 2.85. The molecule has 7 nitrogen and oxygen atoms in total. The van der Waals surface area contributed by atoms with Gasteiger partial charge in [-0.15, -0.1) is 0 Å². The van der Waals surface area contributed by atoms with E-state index in [1.165, 1.54) is 6.92 Å². The SMILES string of the molecule is C/C(=N\N1CCOCC1)c1c(C(F)(F)F)[nH]n(-c2nc3ccccc3s2)c1=O. The molecule has 1 aliphatic heterocycles. The number of morpholine rings is 1. The Bertz CT molecular complexity index is 1060. The van der Waals surface area contributed by atoms with Gasteiger partial charge in [-0.25, -0.2) is 4.98 Å². The van der Waals surface area contributed by atoms with Crippen molar-refractivity contribution in [1.29, 1.82) is 0 Å². The number of ether oxygens (including phenoxy) is 1. The molecule has 0 radical (unpaired) electrons. The van der Waals surface area contributed by atoms with Crippen LogP contribution in [0, 0.1) is 0 Å². The van der Waals surface area contributed by atoms with E-state index >= 15 is 0 Å². The third-order valence-electron chi connectivity index (χ3n) is 4.29. The van der Waals surface area contributed by atoms with E-state index in [0.717, 1.165) is 20.7 Å². The van der Waals surface area contributed by atoms with E-state index in [2.05, 4.69) is 15.2 Å². The lowest BCUT2D eigenvalue weighted by Crippen LogP contribution is -2.33. The highest BCUT2D eigenvalue weighted by atomic mass is 32.1. The maximum atomic E-state index is 13.6. The Morgan fingerprint density at radius 1 is 1.29 bits per heavy atom. The number of fused-ring (bicyclic) bond motifs is 1. The van der Waals surface area contributed by atoms with Gasteiger partial charge in [0.25, 0.3) is 5.56 Å². The van der Waals surface area contributed by atoms with Gasteiger partial charge >= 0.3 is 6.18 Å². The molecule has 1 N–H and O–H groups in total. The van der Waals surface area contributed by atoms with Crippen LogP contribution in [-0.2, 0) is 10.9 Å². The summed E-state index contributed by atoms with van der Waals surface area (Å²) < 4.78 is 47.7. The fraction of sp³-hybridized carbons (Fsp3) is 0.353. The number of thiazole rings is 1. The number of nitrogens with one attached hydrogen (secondary N) is 1. The van der Waals surface area contributed by atoms with Gasteiger partial charge in [-0.3, -0.25) is 14.9 Å². The number of rotatable bonds is 3. The Kier molecular flexibility index (Phi) is 4.71. The van der Waals surface area contributed by atoms with E-state index in [-0.39, 0.29) is 10.8 Å². The minimum absolute atomic E-state index is 0.00432. The fourth-order valence-electron chi connectivity index (χ4n) is 2.98. The molecule has 11 heteroatoms. The van der Waals surface area contributed by atoms with Crippen LogP contribution < -0.4 is 5.56 Å². The summed E-state index contributed by atoms with van der Waals surface area (Å²) in [5.74, 6) is 0. The molecule has 148 valence electrons. The third kappa shape index (κ3) is 3.42. The Morgan fingerprint density at radius 2 is 2.00 bits per heavy atom. The molecule has 0 atom stereocenters. The maximum Gasteiger partial charge on any atom is 0.433 e. The summed E-state index contributed by atoms with van der Waals surface area (Å²) in [4.78, 5) is 17.1. The summed E-state index contributed by atoms with van der Waals surface area (Å²) in [5.41, 5.74) is -1.86. The molecule has 2 aromatic heterocycles. The van der Waals surface area contributed by atoms with Crippen LogP contribution >= 0.6 is 11.3 Å². The standard InChI is InChI=1S/C17H16F3N5O2S/c1-10(22-24-6-8-27-9-7-24)13-14(17(18,19)20)23-25(15(13)26)16-21-11-4-2-3-5-12(11)28-16/h2-5,23H,6-9H2,1H3/b22-10+. The summed E-state index contributed by atoms with van der Waals surface area (Å²) in [5, 5.41) is 8.14. The normalized spacial score (nSPS) is 16.1. The molecule has 3 heterocycles. The van der Waals surface area contributed by atoms with E-state index in [9.17, 15) is 18.0 Å². The zero-order chi connectivity index (χ0) is 19.9. The molecule has 1 aliphatic rings. The molecule has 0 amide bonds. The van der Waals surface area contributed by atoms with Gasteiger partial charge in [0, 0.05) is 0 Å². The van der Waals surface area contributed by atoms with E-state index in [4.69, 9.17) is 4.74 Å². The van der Waals surface area contributed by atoms with Crippen molar-refractivity contribution in [3.63, 3.8) is 0 Å². The summed E-state index contributed by atoms with van der Waals surface area (Å²) in [6, 6.07) is 7.10. The van der Waals surface area contributed by atoms with Crippen LogP contribution in [-0.4, -0.2) is 51.8 Å². The van der Waals surface area contributed by atoms with Gasteiger partial charge in [-0.05, 0) is 19.1 Å². The summed E-state index contributed by atoms with van der Waals surface area (Å²) in [6.07, 6.45) is -4.74. The molecule has 28 heavy (non-hydrogen) atoms. The number of nitrogens with zero attached hydrogens (tertiary/aromatic N) is 4. The summed E-state index contributed by atoms with van der Waals surface area (Å²) >= 11 is 1.13. The van der Waals surface area contributed by atoms with Crippen LogP contribution in [0.15, 0.2) is 34.2 Å². The van der Waals surface area contributed by atoms with Gasteiger partial charge in [0.15, 0.2) is 5.69 Å². The lowest BCUT2D eigenvalue weighted by molar-refractivity contribution is -0.141. The first-order chi connectivity index (χ1) is 13.3. The molecular formula is C17H16F3N5O2S. The first kappa shape index (κ1) is 18.7. The molecule has 0 bridgehead atoms. The lowest BCUT2D eigenvalue weighted by atomic mass is 10.1. The predicted molar refractivity (Wildman–Crippen MR) is 99.2 cm³/mol. The molecule has 0 spiro atoms. The second-order valence-electron chi connectivity index (χ2n) is 6.22. The molecule has 1 fully saturated rings. The number of aromatic amines is 1. The molecule has 0 unspecified atom stereocenters. The molecule has 1 saturated heterocycles. The highest BCUT2D eigenvalue weighted by Gasteiger charge is 2.39. The van der Waals surface area contributed by atoms with Gasteiger partial charge in [-0.1, -0.05) is 23.5 Å². The van der Waals surface area contributed by atoms with Crippen molar-refractivity contribution in [3.05, 3.63) is 45.9 Å². The smallest absolute Gasteiger partial charge is 0.378 e. The number of aromatic nitrogens is 3. The van der Waals surface area contributed by atoms with Gasteiger partial charge in [0.05, 0.1) is 47.8 Å². The van der Waals surface area contributed by atoms with E-state index in [1.54, 1.807) is 29.3 Å². The number of benzene rings is 1. The van der Waals surface area contributed by atoms with Gasteiger partial charge in [-0.2, -0.15) is 23.0 Å². The van der Waals surface area contributed by atoms with Crippen molar-refractivity contribution in [2.75, 3.05) is 26.3 Å². The van der Waals surface area contributed by atoms with Crippen LogP contribution in [0.5, 0.6) is 0 Å². The number of alkyl halides is 3. The van der Waals surface area contributed by atoms with Crippen LogP contribution in [0.3, 0.4) is 0 Å². The second-order valence-corrected chi connectivity index (χ2v) is 7.22. The van der Waals surface area contributed by atoms with Crippen molar-refractivity contribution >= 4 is 27.3 Å². The molecule has 0 aliphatic carbocycles. The molecule has 4 rings (SSSR count). The Labute approximate surface area is 161 Å². The van der Waals surface area contributed by atoms with Crippen LogP contribution in [0.25, 0.3) is 15.3 Å². The minimum Gasteiger partial charge on any atom is -0.378 e. The number of hydrazone groups is 1. The van der Waals surface area contributed by atoms with Gasteiger partial charge in [0.1, 0.15) is 0 Å². The number of halogens is 3. The highest BCUT2D eigenvalue weighted by Crippen LogP contribution is 2.31. The van der Waals surface area contributed by atoms with Crippen LogP contribution in [0.4, 0.5) is 13.2 Å². The van der Waals surface area contributed by atoms with Crippen molar-refractivity contribution in [2.24, 2.45) is 5.10 Å². The average molecular weight is 411 g/mol. The van der Waals surface area contributed by atoms with Crippen molar-refractivity contribution in [1.82, 2.24) is 19.8 Å². The second kappa shape index (κ2) is 7.06. The summed E-state index contributed by atoms with van der Waals surface area (Å²) in [7, 11) is 0. The fourth-order valence-corrected chi connectivity index (χ4v) is 3.91. The monoisotopic (exact) mass is 411 g/mol. The number of para-hydroxylation sites is 1.